The van der Waals surface area contributed by atoms with Gasteiger partial charge in [0.15, 0.2) is 0 Å². The van der Waals surface area contributed by atoms with Crippen LogP contribution >= 0.6 is 27.3 Å². The van der Waals surface area contributed by atoms with Crippen LogP contribution in [0.3, 0.4) is 0 Å². The molecule has 0 saturated carbocycles. The van der Waals surface area contributed by atoms with Crippen LogP contribution in [0.2, 0.25) is 0 Å². The van der Waals surface area contributed by atoms with Gasteiger partial charge in [0.2, 0.25) is 0 Å². The molecule has 0 saturated heterocycles. The van der Waals surface area contributed by atoms with E-state index >= 15 is 0 Å². The topological polar surface area (TPSA) is 29.3 Å². The molecule has 0 amide bonds. The number of halogens is 2. The molecule has 1 heterocycles. The molecule has 0 radical (unpaired) electrons. The van der Waals surface area contributed by atoms with Crippen LogP contribution < -0.4 is 5.73 Å². The third-order valence-corrected chi connectivity index (χ3v) is 5.02. The monoisotopic (exact) mass is 356 g/mol. The Morgan fingerprint density at radius 2 is 2.20 bits per heavy atom. The minimum atomic E-state index is -0.228. The number of hydrogen-bond donors (Lipinski definition) is 1. The van der Waals surface area contributed by atoms with Crippen molar-refractivity contribution in [2.75, 3.05) is 20.1 Å². The van der Waals surface area contributed by atoms with Crippen molar-refractivity contribution in [2.45, 2.75) is 12.5 Å². The first-order valence-corrected chi connectivity index (χ1v) is 8.16. The van der Waals surface area contributed by atoms with E-state index in [2.05, 4.69) is 38.3 Å². The molecule has 0 spiro atoms. The zero-order valence-electron chi connectivity index (χ0n) is 11.4. The Morgan fingerprint density at radius 1 is 1.40 bits per heavy atom. The lowest BCUT2D eigenvalue weighted by atomic mass is 10.1. The van der Waals surface area contributed by atoms with Crippen molar-refractivity contribution in [3.8, 4) is 0 Å². The fourth-order valence-corrected chi connectivity index (χ4v) is 3.42. The Morgan fingerprint density at radius 3 is 2.85 bits per heavy atom. The molecule has 0 aliphatic carbocycles. The molecule has 0 aliphatic heterocycles. The summed E-state index contributed by atoms with van der Waals surface area (Å²) in [5.41, 5.74) is 6.80. The molecule has 1 unspecified atom stereocenters. The van der Waals surface area contributed by atoms with E-state index in [1.165, 1.54) is 10.9 Å². The summed E-state index contributed by atoms with van der Waals surface area (Å²) in [6, 6.07) is 8.95. The summed E-state index contributed by atoms with van der Waals surface area (Å²) in [6.45, 7) is 1.36. The number of likely N-dealkylation sites (N-methyl/N-ethyl adjacent to an activating group) is 1. The second kappa shape index (κ2) is 7.31. The molecule has 0 fully saturated rings. The fourth-order valence-electron chi connectivity index (χ4n) is 2.21. The van der Waals surface area contributed by atoms with Crippen LogP contribution in [0, 0.1) is 5.82 Å². The zero-order chi connectivity index (χ0) is 14.5. The fraction of sp³-hybridized carbons (Fsp3) is 0.333. The predicted molar refractivity (Wildman–Crippen MR) is 86.5 cm³/mol. The SMILES string of the molecule is CN(CCc1cccs1)C(CN)c1cc(F)ccc1Br. The maximum Gasteiger partial charge on any atom is 0.123 e. The van der Waals surface area contributed by atoms with Gasteiger partial charge in [-0.25, -0.2) is 4.39 Å². The third-order valence-electron chi connectivity index (χ3n) is 3.36. The first kappa shape index (κ1) is 15.6. The third kappa shape index (κ3) is 3.88. The second-order valence-electron chi connectivity index (χ2n) is 4.73. The van der Waals surface area contributed by atoms with Gasteiger partial charge in [-0.1, -0.05) is 22.0 Å². The van der Waals surface area contributed by atoms with Crippen LogP contribution in [0.15, 0.2) is 40.2 Å². The van der Waals surface area contributed by atoms with E-state index in [-0.39, 0.29) is 11.9 Å². The number of nitrogens with zero attached hydrogens (tertiary/aromatic N) is 1. The van der Waals surface area contributed by atoms with Crippen molar-refractivity contribution in [3.63, 3.8) is 0 Å². The Bertz CT molecular complexity index is 545. The van der Waals surface area contributed by atoms with E-state index in [4.69, 9.17) is 5.73 Å². The van der Waals surface area contributed by atoms with E-state index in [1.807, 2.05) is 7.05 Å². The summed E-state index contributed by atoms with van der Waals surface area (Å²) in [4.78, 5) is 3.53. The van der Waals surface area contributed by atoms with E-state index in [9.17, 15) is 4.39 Å². The number of benzene rings is 1. The Kier molecular flexibility index (Phi) is 5.72. The van der Waals surface area contributed by atoms with Gasteiger partial charge in [0.1, 0.15) is 5.82 Å². The van der Waals surface area contributed by atoms with Gasteiger partial charge < -0.3 is 5.73 Å². The van der Waals surface area contributed by atoms with Crippen LogP contribution in [0.1, 0.15) is 16.5 Å². The summed E-state index contributed by atoms with van der Waals surface area (Å²) in [7, 11) is 2.03. The Hall–Kier alpha value is -0.750. The van der Waals surface area contributed by atoms with Gasteiger partial charge in [-0.2, -0.15) is 0 Å². The number of rotatable bonds is 6. The number of thiophene rings is 1. The van der Waals surface area contributed by atoms with Gasteiger partial charge in [-0.3, -0.25) is 4.90 Å². The summed E-state index contributed by atoms with van der Waals surface area (Å²) in [5, 5.41) is 2.08. The van der Waals surface area contributed by atoms with Crippen molar-refractivity contribution < 1.29 is 4.39 Å². The summed E-state index contributed by atoms with van der Waals surface area (Å²) in [5.74, 6) is -0.228. The molecule has 1 aromatic carbocycles. The van der Waals surface area contributed by atoms with E-state index < -0.39 is 0 Å². The van der Waals surface area contributed by atoms with Gasteiger partial charge in [-0.15, -0.1) is 11.3 Å². The van der Waals surface area contributed by atoms with Gasteiger partial charge in [0.25, 0.3) is 0 Å². The highest BCUT2D eigenvalue weighted by Gasteiger charge is 2.18. The molecule has 1 atom stereocenters. The van der Waals surface area contributed by atoms with Gasteiger partial charge in [0.05, 0.1) is 0 Å². The summed E-state index contributed by atoms with van der Waals surface area (Å²) in [6.07, 6.45) is 0.984. The molecule has 1 aromatic heterocycles. The highest BCUT2D eigenvalue weighted by Crippen LogP contribution is 2.27. The number of hydrogen-bond acceptors (Lipinski definition) is 3. The van der Waals surface area contributed by atoms with Gasteiger partial charge in [0, 0.05) is 28.5 Å². The first-order valence-electron chi connectivity index (χ1n) is 6.49. The Labute approximate surface area is 131 Å². The standard InChI is InChI=1S/C15H18BrFN2S/c1-19(7-6-12-3-2-8-20-12)15(10-18)13-9-11(17)4-5-14(13)16/h2-5,8-9,15H,6-7,10,18H2,1H3. The lowest BCUT2D eigenvalue weighted by molar-refractivity contribution is 0.252. The second-order valence-corrected chi connectivity index (χ2v) is 6.61. The van der Waals surface area contributed by atoms with Crippen molar-refractivity contribution in [2.24, 2.45) is 5.73 Å². The van der Waals surface area contributed by atoms with Crippen molar-refractivity contribution in [1.29, 1.82) is 0 Å². The zero-order valence-corrected chi connectivity index (χ0v) is 13.8. The van der Waals surface area contributed by atoms with Crippen LogP contribution in [0.4, 0.5) is 4.39 Å². The first-order chi connectivity index (χ1) is 9.61. The molecule has 2 nitrogen and oxygen atoms in total. The lowest BCUT2D eigenvalue weighted by Gasteiger charge is -2.28. The van der Waals surface area contributed by atoms with E-state index in [0.717, 1.165) is 23.0 Å². The van der Waals surface area contributed by atoms with Crippen molar-refractivity contribution in [1.82, 2.24) is 4.90 Å². The molecule has 108 valence electrons. The predicted octanol–water partition coefficient (Wildman–Crippen LogP) is 3.82. The average molecular weight is 357 g/mol. The molecule has 2 aromatic rings. The minimum Gasteiger partial charge on any atom is -0.329 e. The van der Waals surface area contributed by atoms with Crippen LogP contribution in [-0.4, -0.2) is 25.0 Å². The number of nitrogens with two attached hydrogens (primary N) is 1. The molecule has 0 aliphatic rings. The quantitative estimate of drug-likeness (QED) is 0.852. The molecule has 20 heavy (non-hydrogen) atoms. The smallest absolute Gasteiger partial charge is 0.123 e. The van der Waals surface area contributed by atoms with Gasteiger partial charge >= 0.3 is 0 Å². The van der Waals surface area contributed by atoms with Crippen molar-refractivity contribution in [3.05, 3.63) is 56.4 Å². The van der Waals surface area contributed by atoms with E-state index in [1.54, 1.807) is 23.5 Å². The maximum atomic E-state index is 13.4. The van der Waals surface area contributed by atoms with Crippen LogP contribution in [-0.2, 0) is 6.42 Å². The molecule has 0 bridgehead atoms. The molecule has 5 heteroatoms. The lowest BCUT2D eigenvalue weighted by Crippen LogP contribution is -2.32. The van der Waals surface area contributed by atoms with Crippen LogP contribution in [0.5, 0.6) is 0 Å². The molecule has 2 rings (SSSR count). The largest absolute Gasteiger partial charge is 0.329 e. The highest BCUT2D eigenvalue weighted by molar-refractivity contribution is 9.10. The van der Waals surface area contributed by atoms with Crippen molar-refractivity contribution >= 4 is 27.3 Å². The maximum absolute atomic E-state index is 13.4. The average Bonchev–Trinajstić information content (AvgIpc) is 2.94. The normalized spacial score (nSPS) is 12.8. The highest BCUT2D eigenvalue weighted by atomic mass is 79.9. The molecule has 2 N–H and O–H groups in total. The van der Waals surface area contributed by atoms with Crippen LogP contribution in [0.25, 0.3) is 0 Å². The summed E-state index contributed by atoms with van der Waals surface area (Å²) < 4.78 is 14.3. The summed E-state index contributed by atoms with van der Waals surface area (Å²) >= 11 is 5.24. The minimum absolute atomic E-state index is 0.0139. The van der Waals surface area contributed by atoms with E-state index in [0.29, 0.717) is 6.54 Å². The molecular formula is C15H18BrFN2S. The molecular weight excluding hydrogens is 339 g/mol. The Balaban J connectivity index is 2.08. The van der Waals surface area contributed by atoms with Gasteiger partial charge in [-0.05, 0) is 48.7 Å².